The highest BCUT2D eigenvalue weighted by Crippen LogP contribution is 2.22. The first kappa shape index (κ1) is 22.4. The van der Waals surface area contributed by atoms with Crippen molar-refractivity contribution in [2.75, 3.05) is 5.75 Å². The molecule has 0 radical (unpaired) electrons. The van der Waals surface area contributed by atoms with Crippen molar-refractivity contribution in [3.8, 4) is 0 Å². The number of rotatable bonds is 8. The lowest BCUT2D eigenvalue weighted by Gasteiger charge is -2.30. The highest BCUT2D eigenvalue weighted by atomic mass is 32.2. The number of hydrogen-bond acceptors (Lipinski definition) is 3. The molecule has 4 nitrogen and oxygen atoms in total. The Labute approximate surface area is 184 Å². The van der Waals surface area contributed by atoms with Gasteiger partial charge < -0.3 is 10.2 Å². The van der Waals surface area contributed by atoms with Gasteiger partial charge in [0.2, 0.25) is 11.8 Å². The summed E-state index contributed by atoms with van der Waals surface area (Å²) in [6.45, 7) is 6.38. The van der Waals surface area contributed by atoms with E-state index < -0.39 is 6.04 Å². The molecule has 1 aliphatic carbocycles. The van der Waals surface area contributed by atoms with Crippen molar-refractivity contribution in [3.05, 3.63) is 65.2 Å². The van der Waals surface area contributed by atoms with Crippen LogP contribution in [-0.4, -0.2) is 34.6 Å². The van der Waals surface area contributed by atoms with E-state index in [1.165, 1.54) is 30.2 Å². The van der Waals surface area contributed by atoms with Gasteiger partial charge in [-0.15, -0.1) is 11.8 Å². The Kier molecular flexibility index (Phi) is 7.97. The number of hydrogen-bond donors (Lipinski definition) is 1. The average Bonchev–Trinajstić information content (AvgIpc) is 3.25. The summed E-state index contributed by atoms with van der Waals surface area (Å²) in [5, 5.41) is 3.15. The third-order valence-electron chi connectivity index (χ3n) is 5.85. The fraction of sp³-hybridized carbons (Fsp3) is 0.440. The molecule has 0 spiro atoms. The lowest BCUT2D eigenvalue weighted by molar-refractivity contribution is -0.139. The zero-order valence-electron chi connectivity index (χ0n) is 18.2. The fourth-order valence-corrected chi connectivity index (χ4v) is 4.59. The monoisotopic (exact) mass is 424 g/mol. The number of nitrogens with zero attached hydrogens (tertiary/aromatic N) is 1. The van der Waals surface area contributed by atoms with Gasteiger partial charge >= 0.3 is 0 Å². The number of benzene rings is 2. The van der Waals surface area contributed by atoms with Gasteiger partial charge in [-0.2, -0.15) is 0 Å². The summed E-state index contributed by atoms with van der Waals surface area (Å²) >= 11 is 1.52. The summed E-state index contributed by atoms with van der Waals surface area (Å²) in [4.78, 5) is 28.9. The van der Waals surface area contributed by atoms with Gasteiger partial charge in [-0.25, -0.2) is 0 Å². The number of aryl methyl sites for hydroxylation is 2. The third-order valence-corrected chi connectivity index (χ3v) is 6.85. The molecular formula is C25H32N2O2S. The van der Waals surface area contributed by atoms with Gasteiger partial charge in [0.25, 0.3) is 0 Å². The third kappa shape index (κ3) is 6.11. The van der Waals surface area contributed by atoms with Crippen LogP contribution in [0, 0.1) is 13.8 Å². The van der Waals surface area contributed by atoms with Crippen molar-refractivity contribution in [2.45, 2.75) is 70.0 Å². The maximum Gasteiger partial charge on any atom is 0.242 e. The molecule has 0 aromatic heterocycles. The fourth-order valence-electron chi connectivity index (χ4n) is 3.81. The molecule has 160 valence electrons. The first-order valence-corrected chi connectivity index (χ1v) is 11.8. The molecule has 30 heavy (non-hydrogen) atoms. The Morgan fingerprint density at radius 1 is 1.07 bits per heavy atom. The van der Waals surface area contributed by atoms with Crippen molar-refractivity contribution < 1.29 is 9.59 Å². The molecule has 0 heterocycles. The van der Waals surface area contributed by atoms with Crippen LogP contribution in [0.15, 0.2) is 53.4 Å². The van der Waals surface area contributed by atoms with Gasteiger partial charge in [0.05, 0.1) is 5.75 Å². The van der Waals surface area contributed by atoms with E-state index in [-0.39, 0.29) is 17.9 Å². The summed E-state index contributed by atoms with van der Waals surface area (Å²) in [5.74, 6) is 0.248. The molecule has 3 rings (SSSR count). The van der Waals surface area contributed by atoms with E-state index in [1.54, 1.807) is 4.90 Å². The molecule has 2 aromatic rings. The largest absolute Gasteiger partial charge is 0.352 e. The molecule has 0 bridgehead atoms. The molecule has 1 saturated carbocycles. The summed E-state index contributed by atoms with van der Waals surface area (Å²) < 4.78 is 0. The van der Waals surface area contributed by atoms with Crippen LogP contribution in [-0.2, 0) is 16.1 Å². The first-order valence-electron chi connectivity index (χ1n) is 10.8. The Morgan fingerprint density at radius 3 is 2.40 bits per heavy atom. The molecular weight excluding hydrogens is 392 g/mol. The number of carbonyl (C=O) groups is 2. The van der Waals surface area contributed by atoms with Gasteiger partial charge in [0.15, 0.2) is 0 Å². The number of thioether (sulfide) groups is 1. The maximum atomic E-state index is 13.2. The number of amides is 2. The second-order valence-electron chi connectivity index (χ2n) is 8.22. The zero-order valence-corrected chi connectivity index (χ0v) is 19.0. The van der Waals surface area contributed by atoms with Gasteiger partial charge in [0.1, 0.15) is 6.04 Å². The maximum absolute atomic E-state index is 13.2. The van der Waals surface area contributed by atoms with Crippen LogP contribution in [0.1, 0.15) is 49.3 Å². The highest BCUT2D eigenvalue weighted by molar-refractivity contribution is 8.00. The van der Waals surface area contributed by atoms with Gasteiger partial charge in [-0.1, -0.05) is 54.8 Å². The first-order chi connectivity index (χ1) is 14.4. The average molecular weight is 425 g/mol. The van der Waals surface area contributed by atoms with Crippen LogP contribution in [0.2, 0.25) is 0 Å². The van der Waals surface area contributed by atoms with Crippen molar-refractivity contribution in [3.63, 3.8) is 0 Å². The van der Waals surface area contributed by atoms with Crippen LogP contribution in [0.25, 0.3) is 0 Å². The minimum absolute atomic E-state index is 0.0158. The summed E-state index contributed by atoms with van der Waals surface area (Å²) in [7, 11) is 0. The Hall–Kier alpha value is -2.27. The quantitative estimate of drug-likeness (QED) is 0.615. The van der Waals surface area contributed by atoms with E-state index in [0.717, 1.165) is 28.9 Å². The van der Waals surface area contributed by atoms with E-state index in [9.17, 15) is 9.59 Å². The van der Waals surface area contributed by atoms with E-state index in [1.807, 2.05) is 57.2 Å². The van der Waals surface area contributed by atoms with E-state index in [2.05, 4.69) is 17.4 Å². The van der Waals surface area contributed by atoms with Crippen LogP contribution >= 0.6 is 11.8 Å². The molecule has 2 aromatic carbocycles. The molecule has 1 atom stereocenters. The van der Waals surface area contributed by atoms with Crippen molar-refractivity contribution >= 4 is 23.6 Å². The highest BCUT2D eigenvalue weighted by Gasteiger charge is 2.28. The lowest BCUT2D eigenvalue weighted by atomic mass is 10.1. The van der Waals surface area contributed by atoms with Crippen LogP contribution in [0.5, 0.6) is 0 Å². The van der Waals surface area contributed by atoms with E-state index >= 15 is 0 Å². The second kappa shape index (κ2) is 10.7. The molecule has 1 fully saturated rings. The molecule has 0 unspecified atom stereocenters. The molecule has 2 amide bonds. The van der Waals surface area contributed by atoms with E-state index in [4.69, 9.17) is 0 Å². The minimum Gasteiger partial charge on any atom is -0.352 e. The van der Waals surface area contributed by atoms with Crippen molar-refractivity contribution in [1.29, 1.82) is 0 Å². The van der Waals surface area contributed by atoms with Gasteiger partial charge in [-0.05, 0) is 56.9 Å². The standard InChI is InChI=1S/C25H32N2O2S/c1-18-12-14-23(15-13-18)30-17-24(28)27(16-21-9-5-4-8-19(21)2)20(3)25(29)26-22-10-6-7-11-22/h4-5,8-9,12-15,20,22H,6-7,10-11,16-17H2,1-3H3,(H,26,29)/t20-/m0/s1. The molecule has 0 saturated heterocycles. The SMILES string of the molecule is Cc1ccc(SCC(=O)N(Cc2ccccc2C)[C@@H](C)C(=O)NC2CCCC2)cc1. The predicted octanol–water partition coefficient (Wildman–Crippen LogP) is 4.87. The second-order valence-corrected chi connectivity index (χ2v) is 9.26. The minimum atomic E-state index is -0.503. The summed E-state index contributed by atoms with van der Waals surface area (Å²) in [5.41, 5.74) is 3.40. The number of carbonyl (C=O) groups excluding carboxylic acids is 2. The normalized spacial score (nSPS) is 15.0. The smallest absolute Gasteiger partial charge is 0.242 e. The topological polar surface area (TPSA) is 49.4 Å². The molecule has 1 N–H and O–H groups in total. The van der Waals surface area contributed by atoms with Crippen LogP contribution in [0.4, 0.5) is 0 Å². The molecule has 5 heteroatoms. The van der Waals surface area contributed by atoms with E-state index in [0.29, 0.717) is 12.3 Å². The Balaban J connectivity index is 1.71. The lowest BCUT2D eigenvalue weighted by Crippen LogP contribution is -2.50. The predicted molar refractivity (Wildman–Crippen MR) is 123 cm³/mol. The molecule has 1 aliphatic rings. The Bertz CT molecular complexity index is 860. The van der Waals surface area contributed by atoms with Gasteiger partial charge in [-0.3, -0.25) is 9.59 Å². The van der Waals surface area contributed by atoms with Gasteiger partial charge in [0, 0.05) is 17.5 Å². The molecule has 0 aliphatic heterocycles. The van der Waals surface area contributed by atoms with Crippen LogP contribution in [0.3, 0.4) is 0 Å². The zero-order chi connectivity index (χ0) is 21.5. The number of nitrogens with one attached hydrogen (secondary N) is 1. The van der Waals surface area contributed by atoms with Crippen molar-refractivity contribution in [1.82, 2.24) is 10.2 Å². The van der Waals surface area contributed by atoms with Crippen LogP contribution < -0.4 is 5.32 Å². The van der Waals surface area contributed by atoms with Crippen molar-refractivity contribution in [2.24, 2.45) is 0 Å². The summed E-state index contributed by atoms with van der Waals surface area (Å²) in [6.07, 6.45) is 4.40. The summed E-state index contributed by atoms with van der Waals surface area (Å²) in [6, 6.07) is 16.0. The Morgan fingerprint density at radius 2 is 1.73 bits per heavy atom.